The number of rotatable bonds is 5. The lowest BCUT2D eigenvalue weighted by Gasteiger charge is -2.13. The van der Waals surface area contributed by atoms with Gasteiger partial charge in [-0.2, -0.15) is 0 Å². The minimum absolute atomic E-state index is 0. The standard InChI is InChI=1S/C6H12O5.ClH/c7-4-5(8)2-1-3-6(9,10)11;/h4-5,8-11H,1-3H2;1H. The molecule has 4 N–H and O–H groups in total. The summed E-state index contributed by atoms with van der Waals surface area (Å²) in [5.41, 5.74) is 0. The average Bonchev–Trinajstić information content (AvgIpc) is 1.85. The molecule has 74 valence electrons. The molecule has 6 heteroatoms. The minimum Gasteiger partial charge on any atom is -0.386 e. The first kappa shape index (κ1) is 14.3. The Labute approximate surface area is 76.1 Å². The van der Waals surface area contributed by atoms with Gasteiger partial charge in [-0.3, -0.25) is 0 Å². The van der Waals surface area contributed by atoms with Gasteiger partial charge in [-0.25, -0.2) is 0 Å². The molecule has 0 aromatic carbocycles. The molecule has 0 aromatic heterocycles. The molecule has 0 heterocycles. The van der Waals surface area contributed by atoms with E-state index in [9.17, 15) is 4.79 Å². The van der Waals surface area contributed by atoms with Crippen LogP contribution in [0.1, 0.15) is 19.3 Å². The zero-order chi connectivity index (χ0) is 8.91. The van der Waals surface area contributed by atoms with Crippen LogP contribution in [0.3, 0.4) is 0 Å². The zero-order valence-corrected chi connectivity index (χ0v) is 7.20. The monoisotopic (exact) mass is 200 g/mol. The van der Waals surface area contributed by atoms with E-state index in [1.807, 2.05) is 0 Å². The molecule has 1 unspecified atom stereocenters. The van der Waals surface area contributed by atoms with Gasteiger partial charge in [-0.15, -0.1) is 12.4 Å². The number of aliphatic hydroxyl groups is 4. The Bertz CT molecular complexity index is 122. The van der Waals surface area contributed by atoms with E-state index in [1.54, 1.807) is 0 Å². The van der Waals surface area contributed by atoms with Crippen LogP contribution >= 0.6 is 12.4 Å². The van der Waals surface area contributed by atoms with E-state index in [0.717, 1.165) is 0 Å². The highest BCUT2D eigenvalue weighted by molar-refractivity contribution is 5.85. The number of hydrogen-bond donors (Lipinski definition) is 4. The third-order valence-corrected chi connectivity index (χ3v) is 1.17. The molecule has 5 nitrogen and oxygen atoms in total. The Morgan fingerprint density at radius 1 is 1.33 bits per heavy atom. The summed E-state index contributed by atoms with van der Waals surface area (Å²) in [4.78, 5) is 9.82. The fourth-order valence-corrected chi connectivity index (χ4v) is 0.616. The normalized spacial score (nSPS) is 13.3. The van der Waals surface area contributed by atoms with Gasteiger partial charge >= 0.3 is 0 Å². The van der Waals surface area contributed by atoms with Crippen molar-refractivity contribution in [3.05, 3.63) is 0 Å². The summed E-state index contributed by atoms with van der Waals surface area (Å²) >= 11 is 0. The maximum absolute atomic E-state index is 9.82. The highest BCUT2D eigenvalue weighted by Gasteiger charge is 2.17. The molecule has 0 spiro atoms. The number of carbonyl (C=O) groups excluding carboxylic acids is 1. The van der Waals surface area contributed by atoms with Crippen molar-refractivity contribution in [3.8, 4) is 0 Å². The summed E-state index contributed by atoms with van der Waals surface area (Å²) in [6.45, 7) is 0. The number of aldehydes is 1. The van der Waals surface area contributed by atoms with Gasteiger partial charge in [-0.05, 0) is 12.8 Å². The van der Waals surface area contributed by atoms with Gasteiger partial charge in [0.05, 0.1) is 0 Å². The number of aliphatic hydroxyl groups excluding tert-OH is 1. The molecule has 0 fully saturated rings. The second-order valence-electron chi connectivity index (χ2n) is 2.37. The van der Waals surface area contributed by atoms with Crippen LogP contribution < -0.4 is 0 Å². The van der Waals surface area contributed by atoms with E-state index in [-0.39, 0.29) is 31.7 Å². The Hall–Kier alpha value is -0.200. The SMILES string of the molecule is Cl.O=CC(O)CCCC(O)(O)O. The topological polar surface area (TPSA) is 98.0 Å². The Balaban J connectivity index is 0. The number of carbonyl (C=O) groups is 1. The van der Waals surface area contributed by atoms with Gasteiger partial charge in [0.25, 0.3) is 5.97 Å². The van der Waals surface area contributed by atoms with Crippen molar-refractivity contribution in [3.63, 3.8) is 0 Å². The third-order valence-electron chi connectivity index (χ3n) is 1.17. The van der Waals surface area contributed by atoms with E-state index in [1.165, 1.54) is 0 Å². The summed E-state index contributed by atoms with van der Waals surface area (Å²) < 4.78 is 0. The highest BCUT2D eigenvalue weighted by atomic mass is 35.5. The van der Waals surface area contributed by atoms with Crippen molar-refractivity contribution < 1.29 is 25.2 Å². The molecule has 0 radical (unpaired) electrons. The lowest BCUT2D eigenvalue weighted by molar-refractivity contribution is -0.315. The van der Waals surface area contributed by atoms with Crippen molar-refractivity contribution in [1.29, 1.82) is 0 Å². The third kappa shape index (κ3) is 9.80. The lowest BCUT2D eigenvalue weighted by Crippen LogP contribution is -2.27. The first-order valence-corrected chi connectivity index (χ1v) is 3.26. The summed E-state index contributed by atoms with van der Waals surface area (Å²) in [5.74, 6) is -2.69. The molecule has 0 saturated heterocycles. The van der Waals surface area contributed by atoms with E-state index in [2.05, 4.69) is 0 Å². The molecule has 0 saturated carbocycles. The van der Waals surface area contributed by atoms with E-state index >= 15 is 0 Å². The molecular formula is C6H13ClO5. The maximum Gasteiger partial charge on any atom is 0.275 e. The largest absolute Gasteiger partial charge is 0.386 e. The molecule has 12 heavy (non-hydrogen) atoms. The molecule has 0 aliphatic carbocycles. The fourth-order valence-electron chi connectivity index (χ4n) is 0.616. The van der Waals surface area contributed by atoms with Crippen LogP contribution in [-0.2, 0) is 4.79 Å². The molecule has 0 aliphatic heterocycles. The molecule has 0 amide bonds. The van der Waals surface area contributed by atoms with Gasteiger partial charge in [0.1, 0.15) is 12.4 Å². The molecule has 0 bridgehead atoms. The van der Waals surface area contributed by atoms with Crippen molar-refractivity contribution in [1.82, 2.24) is 0 Å². The van der Waals surface area contributed by atoms with Crippen LogP contribution in [-0.4, -0.2) is 38.8 Å². The van der Waals surface area contributed by atoms with Gasteiger partial charge in [0.15, 0.2) is 0 Å². The van der Waals surface area contributed by atoms with Crippen molar-refractivity contribution in [2.45, 2.75) is 31.3 Å². The number of hydrogen-bond acceptors (Lipinski definition) is 5. The maximum atomic E-state index is 9.82. The van der Waals surface area contributed by atoms with Crippen LogP contribution in [0, 0.1) is 0 Å². The fraction of sp³-hybridized carbons (Fsp3) is 0.833. The average molecular weight is 201 g/mol. The minimum atomic E-state index is -2.69. The summed E-state index contributed by atoms with van der Waals surface area (Å²) in [6, 6.07) is 0. The summed E-state index contributed by atoms with van der Waals surface area (Å²) in [7, 11) is 0. The second kappa shape index (κ2) is 6.33. The first-order chi connectivity index (χ1) is 4.95. The van der Waals surface area contributed by atoms with Crippen molar-refractivity contribution in [2.75, 3.05) is 0 Å². The Morgan fingerprint density at radius 3 is 2.17 bits per heavy atom. The highest BCUT2D eigenvalue weighted by Crippen LogP contribution is 2.07. The van der Waals surface area contributed by atoms with Crippen LogP contribution in [0.25, 0.3) is 0 Å². The molecule has 1 atom stereocenters. The van der Waals surface area contributed by atoms with E-state index in [4.69, 9.17) is 20.4 Å². The molecule has 0 aromatic rings. The second-order valence-corrected chi connectivity index (χ2v) is 2.37. The van der Waals surface area contributed by atoms with Gasteiger partial charge in [0.2, 0.25) is 0 Å². The Morgan fingerprint density at radius 2 is 1.83 bits per heavy atom. The smallest absolute Gasteiger partial charge is 0.275 e. The molecule has 0 aliphatic rings. The molecule has 0 rings (SSSR count). The predicted octanol–water partition coefficient (Wildman–Crippen LogP) is -1.23. The zero-order valence-electron chi connectivity index (χ0n) is 6.38. The lowest BCUT2D eigenvalue weighted by atomic mass is 10.1. The van der Waals surface area contributed by atoms with E-state index < -0.39 is 12.1 Å². The quantitative estimate of drug-likeness (QED) is 0.329. The summed E-state index contributed by atoms with van der Waals surface area (Å²) in [5, 5.41) is 33.7. The van der Waals surface area contributed by atoms with Crippen LogP contribution in [0.15, 0.2) is 0 Å². The van der Waals surface area contributed by atoms with E-state index in [0.29, 0.717) is 6.29 Å². The van der Waals surface area contributed by atoms with Crippen LogP contribution in [0.2, 0.25) is 0 Å². The van der Waals surface area contributed by atoms with Gasteiger partial charge in [-0.1, -0.05) is 0 Å². The molecular weight excluding hydrogens is 188 g/mol. The first-order valence-electron chi connectivity index (χ1n) is 3.26. The predicted molar refractivity (Wildman–Crippen MR) is 42.6 cm³/mol. The number of halogens is 1. The van der Waals surface area contributed by atoms with Gasteiger partial charge in [0, 0.05) is 6.42 Å². The van der Waals surface area contributed by atoms with Crippen molar-refractivity contribution in [2.24, 2.45) is 0 Å². The Kier molecular flexibility index (Phi) is 7.56. The summed E-state index contributed by atoms with van der Waals surface area (Å²) in [6.07, 6.45) is -0.723. The van der Waals surface area contributed by atoms with Crippen LogP contribution in [0.5, 0.6) is 0 Å². The van der Waals surface area contributed by atoms with Crippen LogP contribution in [0.4, 0.5) is 0 Å². The van der Waals surface area contributed by atoms with Gasteiger partial charge < -0.3 is 25.2 Å². The van der Waals surface area contributed by atoms with Crippen molar-refractivity contribution >= 4 is 18.7 Å².